The topological polar surface area (TPSA) is 30.2 Å². The maximum Gasteiger partial charge on any atom is 0.142 e. The zero-order valence-electron chi connectivity index (χ0n) is 14.0. The van der Waals surface area contributed by atoms with Crippen LogP contribution in [0.25, 0.3) is 28.2 Å². The first kappa shape index (κ1) is 16.2. The second-order valence-corrected chi connectivity index (χ2v) is 6.20. The Morgan fingerprint density at radius 3 is 2.62 bits per heavy atom. The summed E-state index contributed by atoms with van der Waals surface area (Å²) in [6, 6.07) is 8.93. The lowest BCUT2D eigenvalue weighted by molar-refractivity contribution is -0.104. The van der Waals surface area contributed by atoms with E-state index in [1.165, 1.54) is 12.1 Å². The number of carbonyl (C=O) groups excluding carboxylic acids is 1. The van der Waals surface area contributed by atoms with Crippen LogP contribution < -0.4 is 0 Å². The first-order valence-corrected chi connectivity index (χ1v) is 7.95. The Morgan fingerprint density at radius 1 is 1.17 bits per heavy atom. The number of hydrogen-bond donors (Lipinski definition) is 0. The van der Waals surface area contributed by atoms with Gasteiger partial charge in [0, 0.05) is 10.9 Å². The second-order valence-electron chi connectivity index (χ2n) is 6.20. The standard InChI is InChI=1S/C21H19FO2/c1-13(2)18-12-24-20-9-7-16(17(21(18)20)5-4-10-23)15-6-8-19(22)14(3)11-15/h4-13H,1-3H3/b5-4+. The number of halogens is 1. The minimum atomic E-state index is -0.226. The van der Waals surface area contributed by atoms with Gasteiger partial charge >= 0.3 is 0 Å². The van der Waals surface area contributed by atoms with Crippen molar-refractivity contribution in [1.82, 2.24) is 0 Å². The first-order valence-electron chi connectivity index (χ1n) is 7.95. The van der Waals surface area contributed by atoms with E-state index in [2.05, 4.69) is 13.8 Å². The van der Waals surface area contributed by atoms with E-state index >= 15 is 0 Å². The van der Waals surface area contributed by atoms with Crippen LogP contribution >= 0.6 is 0 Å². The van der Waals surface area contributed by atoms with Gasteiger partial charge in [0.05, 0.1) is 6.26 Å². The Hall–Kier alpha value is -2.68. The summed E-state index contributed by atoms with van der Waals surface area (Å²) in [7, 11) is 0. The normalized spacial score (nSPS) is 11.7. The van der Waals surface area contributed by atoms with E-state index in [1.54, 1.807) is 25.3 Å². The van der Waals surface area contributed by atoms with Gasteiger partial charge in [-0.15, -0.1) is 0 Å². The van der Waals surface area contributed by atoms with Crippen LogP contribution in [0.2, 0.25) is 0 Å². The van der Waals surface area contributed by atoms with Gasteiger partial charge in [-0.1, -0.05) is 32.1 Å². The van der Waals surface area contributed by atoms with Gasteiger partial charge in [0.15, 0.2) is 0 Å². The van der Waals surface area contributed by atoms with Crippen LogP contribution in [0.5, 0.6) is 0 Å². The summed E-state index contributed by atoms with van der Waals surface area (Å²) in [5.74, 6) is 0.0656. The number of benzene rings is 2. The van der Waals surface area contributed by atoms with E-state index in [0.29, 0.717) is 11.5 Å². The van der Waals surface area contributed by atoms with E-state index in [1.807, 2.05) is 18.2 Å². The summed E-state index contributed by atoms with van der Waals surface area (Å²) < 4.78 is 19.3. The van der Waals surface area contributed by atoms with Crippen molar-refractivity contribution in [3.8, 4) is 11.1 Å². The smallest absolute Gasteiger partial charge is 0.142 e. The molecule has 3 heteroatoms. The van der Waals surface area contributed by atoms with Gasteiger partial charge < -0.3 is 4.42 Å². The molecule has 24 heavy (non-hydrogen) atoms. The molecule has 0 saturated heterocycles. The molecule has 1 heterocycles. The molecule has 122 valence electrons. The van der Waals surface area contributed by atoms with Crippen molar-refractivity contribution in [2.45, 2.75) is 26.7 Å². The van der Waals surface area contributed by atoms with Crippen LogP contribution in [0.15, 0.2) is 47.1 Å². The lowest BCUT2D eigenvalue weighted by Gasteiger charge is -2.11. The Labute approximate surface area is 140 Å². The number of furan rings is 1. The van der Waals surface area contributed by atoms with Crippen molar-refractivity contribution >= 4 is 23.3 Å². The molecule has 0 fully saturated rings. The minimum absolute atomic E-state index is 0.226. The third kappa shape index (κ3) is 2.78. The van der Waals surface area contributed by atoms with E-state index in [0.717, 1.165) is 39.5 Å². The molecule has 0 aliphatic carbocycles. The number of fused-ring (bicyclic) bond motifs is 1. The largest absolute Gasteiger partial charge is 0.464 e. The molecule has 0 aliphatic heterocycles. The molecule has 2 nitrogen and oxygen atoms in total. The molecule has 0 radical (unpaired) electrons. The molecule has 0 N–H and O–H groups in total. The van der Waals surface area contributed by atoms with Gasteiger partial charge in [-0.2, -0.15) is 0 Å². The molecule has 0 bridgehead atoms. The Bertz CT molecular complexity index is 932. The number of hydrogen-bond acceptors (Lipinski definition) is 2. The van der Waals surface area contributed by atoms with Crippen LogP contribution in [0.4, 0.5) is 4.39 Å². The van der Waals surface area contributed by atoms with Crippen molar-refractivity contribution < 1.29 is 13.6 Å². The lowest BCUT2D eigenvalue weighted by atomic mass is 9.91. The fourth-order valence-corrected chi connectivity index (χ4v) is 2.98. The zero-order chi connectivity index (χ0) is 17.3. The molecule has 1 aromatic heterocycles. The maximum atomic E-state index is 13.6. The summed E-state index contributed by atoms with van der Waals surface area (Å²) >= 11 is 0. The highest BCUT2D eigenvalue weighted by Gasteiger charge is 2.16. The fourth-order valence-electron chi connectivity index (χ4n) is 2.98. The van der Waals surface area contributed by atoms with Gasteiger partial charge in [-0.3, -0.25) is 4.79 Å². The van der Waals surface area contributed by atoms with Crippen molar-refractivity contribution in [3.63, 3.8) is 0 Å². The molecule has 3 rings (SSSR count). The van der Waals surface area contributed by atoms with Crippen LogP contribution in [0.3, 0.4) is 0 Å². The van der Waals surface area contributed by atoms with Crippen molar-refractivity contribution in [2.75, 3.05) is 0 Å². The quantitative estimate of drug-likeness (QED) is 0.443. The summed E-state index contributed by atoms with van der Waals surface area (Å²) in [4.78, 5) is 10.9. The van der Waals surface area contributed by atoms with Crippen molar-refractivity contribution in [3.05, 3.63) is 65.2 Å². The summed E-state index contributed by atoms with van der Waals surface area (Å²) in [5, 5.41) is 1.00. The van der Waals surface area contributed by atoms with Crippen molar-refractivity contribution in [1.29, 1.82) is 0 Å². The third-order valence-corrected chi connectivity index (χ3v) is 4.24. The number of rotatable bonds is 4. The lowest BCUT2D eigenvalue weighted by Crippen LogP contribution is -1.91. The number of aryl methyl sites for hydroxylation is 1. The Morgan fingerprint density at radius 2 is 1.96 bits per heavy atom. The molecule has 3 aromatic rings. The van der Waals surface area contributed by atoms with E-state index in [4.69, 9.17) is 4.42 Å². The highest BCUT2D eigenvalue weighted by Crippen LogP contribution is 2.37. The van der Waals surface area contributed by atoms with Crippen LogP contribution in [0, 0.1) is 12.7 Å². The molecular formula is C21H19FO2. The van der Waals surface area contributed by atoms with Gasteiger partial charge in [0.2, 0.25) is 0 Å². The molecule has 0 aliphatic rings. The molecule has 0 amide bonds. The number of carbonyl (C=O) groups is 1. The average molecular weight is 322 g/mol. The maximum absolute atomic E-state index is 13.6. The van der Waals surface area contributed by atoms with E-state index in [-0.39, 0.29) is 5.82 Å². The average Bonchev–Trinajstić information content (AvgIpc) is 2.99. The SMILES string of the molecule is Cc1cc(-c2ccc3occ(C(C)C)c3c2/C=C/C=O)ccc1F. The molecule has 0 spiro atoms. The molecule has 2 aromatic carbocycles. The third-order valence-electron chi connectivity index (χ3n) is 4.24. The highest BCUT2D eigenvalue weighted by atomic mass is 19.1. The van der Waals surface area contributed by atoms with Gasteiger partial charge in [-0.25, -0.2) is 4.39 Å². The Balaban J connectivity index is 2.34. The Kier molecular flexibility index (Phi) is 4.34. The van der Waals surface area contributed by atoms with Gasteiger partial charge in [0.1, 0.15) is 17.7 Å². The second kappa shape index (κ2) is 6.44. The first-order chi connectivity index (χ1) is 11.5. The predicted molar refractivity (Wildman–Crippen MR) is 95.5 cm³/mol. The van der Waals surface area contributed by atoms with Crippen LogP contribution in [-0.4, -0.2) is 6.29 Å². The number of allylic oxidation sites excluding steroid dienone is 1. The fraction of sp³-hybridized carbons (Fsp3) is 0.190. The monoisotopic (exact) mass is 322 g/mol. The van der Waals surface area contributed by atoms with E-state index in [9.17, 15) is 9.18 Å². The number of aldehydes is 1. The van der Waals surface area contributed by atoms with Crippen LogP contribution in [0.1, 0.15) is 36.5 Å². The van der Waals surface area contributed by atoms with Gasteiger partial charge in [0.25, 0.3) is 0 Å². The van der Waals surface area contributed by atoms with Gasteiger partial charge in [-0.05, 0) is 59.4 Å². The molecule has 0 unspecified atom stereocenters. The highest BCUT2D eigenvalue weighted by molar-refractivity contribution is 5.98. The molecule has 0 atom stereocenters. The summed E-state index contributed by atoms with van der Waals surface area (Å²) in [6.45, 7) is 5.95. The zero-order valence-corrected chi connectivity index (χ0v) is 14.0. The predicted octanol–water partition coefficient (Wildman–Crippen LogP) is 5.88. The minimum Gasteiger partial charge on any atom is -0.464 e. The summed E-state index contributed by atoms with van der Waals surface area (Å²) in [6.07, 6.45) is 5.80. The van der Waals surface area contributed by atoms with E-state index < -0.39 is 0 Å². The van der Waals surface area contributed by atoms with Crippen molar-refractivity contribution in [2.24, 2.45) is 0 Å². The molecular weight excluding hydrogens is 303 g/mol. The molecule has 0 saturated carbocycles. The summed E-state index contributed by atoms with van der Waals surface area (Å²) in [5.41, 5.74) is 5.25. The van der Waals surface area contributed by atoms with Crippen LogP contribution in [-0.2, 0) is 4.79 Å².